The molecule has 1 aliphatic heterocycles. The molecule has 4 heteroatoms. The molecule has 2 aliphatic rings. The molecule has 1 heterocycles. The fourth-order valence-electron chi connectivity index (χ4n) is 2.72. The van der Waals surface area contributed by atoms with Crippen molar-refractivity contribution in [2.45, 2.75) is 44.1 Å². The van der Waals surface area contributed by atoms with Gasteiger partial charge in [0, 0.05) is 0 Å². The first-order chi connectivity index (χ1) is 7.70. The Morgan fingerprint density at radius 1 is 1.25 bits per heavy atom. The molecule has 1 spiro atoms. The Bertz CT molecular complexity index is 349. The summed E-state index contributed by atoms with van der Waals surface area (Å²) >= 11 is 0. The Morgan fingerprint density at radius 3 is 2.44 bits per heavy atom. The third kappa shape index (κ3) is 1.57. The lowest BCUT2D eigenvalue weighted by atomic mass is 9.89. The van der Waals surface area contributed by atoms with Gasteiger partial charge in [-0.15, -0.1) is 6.42 Å². The Hall–Kier alpha value is -1.50. The predicted molar refractivity (Wildman–Crippen MR) is 59.5 cm³/mol. The average Bonchev–Trinajstić information content (AvgIpc) is 2.49. The van der Waals surface area contributed by atoms with Gasteiger partial charge in [0.1, 0.15) is 5.54 Å². The summed E-state index contributed by atoms with van der Waals surface area (Å²) in [6.07, 6.45) is 11.0. The van der Waals surface area contributed by atoms with E-state index in [1.807, 2.05) is 0 Å². The molecule has 0 radical (unpaired) electrons. The fraction of sp³-hybridized carbons (Fsp3) is 0.667. The van der Waals surface area contributed by atoms with E-state index in [-0.39, 0.29) is 18.5 Å². The maximum atomic E-state index is 12.0. The summed E-state index contributed by atoms with van der Waals surface area (Å²) in [5.41, 5.74) is -0.653. The van der Waals surface area contributed by atoms with Crippen molar-refractivity contribution in [2.24, 2.45) is 0 Å². The van der Waals surface area contributed by atoms with Crippen LogP contribution in [0.5, 0.6) is 0 Å². The first-order valence-electron chi connectivity index (χ1n) is 5.77. The van der Waals surface area contributed by atoms with Crippen LogP contribution in [0, 0.1) is 12.3 Å². The number of urea groups is 1. The summed E-state index contributed by atoms with van der Waals surface area (Å²) in [6, 6.07) is -0.329. The lowest BCUT2D eigenvalue weighted by Crippen LogP contribution is -2.49. The molecule has 0 bridgehead atoms. The highest BCUT2D eigenvalue weighted by Crippen LogP contribution is 2.35. The van der Waals surface area contributed by atoms with E-state index in [9.17, 15) is 9.59 Å². The lowest BCUT2D eigenvalue weighted by Gasteiger charge is -2.33. The molecule has 3 amide bonds. The minimum absolute atomic E-state index is 0.158. The third-order valence-corrected chi connectivity index (χ3v) is 3.59. The van der Waals surface area contributed by atoms with E-state index in [0.717, 1.165) is 38.5 Å². The van der Waals surface area contributed by atoms with Gasteiger partial charge in [0.2, 0.25) is 0 Å². The molecule has 16 heavy (non-hydrogen) atoms. The minimum atomic E-state index is -0.653. The molecule has 1 saturated carbocycles. The first kappa shape index (κ1) is 11.0. The van der Waals surface area contributed by atoms with Gasteiger partial charge in [-0.25, -0.2) is 4.79 Å². The molecular formula is C12H16N2O2. The lowest BCUT2D eigenvalue weighted by molar-refractivity contribution is -0.127. The topological polar surface area (TPSA) is 49.4 Å². The summed E-state index contributed by atoms with van der Waals surface area (Å²) in [5.74, 6) is 2.31. The summed E-state index contributed by atoms with van der Waals surface area (Å²) in [6.45, 7) is 0.220. The van der Waals surface area contributed by atoms with Crippen LogP contribution in [-0.4, -0.2) is 28.9 Å². The molecule has 0 aromatic heterocycles. The van der Waals surface area contributed by atoms with Crippen LogP contribution in [0.1, 0.15) is 38.5 Å². The van der Waals surface area contributed by atoms with Crippen molar-refractivity contribution in [1.29, 1.82) is 0 Å². The maximum absolute atomic E-state index is 12.0. The largest absolute Gasteiger partial charge is 0.325 e. The smallest absolute Gasteiger partial charge is 0.299 e. The van der Waals surface area contributed by atoms with Crippen molar-refractivity contribution in [3.63, 3.8) is 0 Å². The zero-order valence-electron chi connectivity index (χ0n) is 9.29. The molecule has 86 valence electrons. The summed E-state index contributed by atoms with van der Waals surface area (Å²) < 4.78 is 0. The van der Waals surface area contributed by atoms with E-state index < -0.39 is 5.54 Å². The van der Waals surface area contributed by atoms with Crippen LogP contribution in [0.2, 0.25) is 0 Å². The second-order valence-electron chi connectivity index (χ2n) is 4.50. The molecule has 4 nitrogen and oxygen atoms in total. The second kappa shape index (κ2) is 4.17. The molecule has 2 fully saturated rings. The quantitative estimate of drug-likeness (QED) is 0.534. The van der Waals surface area contributed by atoms with Crippen LogP contribution in [0.25, 0.3) is 0 Å². The number of nitrogens with zero attached hydrogens (tertiary/aromatic N) is 1. The highest BCUT2D eigenvalue weighted by molar-refractivity contribution is 6.07. The maximum Gasteiger partial charge on any atom is 0.325 e. The number of rotatable bonds is 1. The van der Waals surface area contributed by atoms with Crippen LogP contribution in [0.3, 0.4) is 0 Å². The number of carbonyl (C=O) groups is 2. The van der Waals surface area contributed by atoms with Gasteiger partial charge < -0.3 is 0 Å². The zero-order valence-corrected chi connectivity index (χ0v) is 9.29. The average molecular weight is 220 g/mol. The number of hydrogen-bond acceptors (Lipinski definition) is 2. The molecule has 1 saturated heterocycles. The molecule has 1 aliphatic carbocycles. The van der Waals surface area contributed by atoms with E-state index in [4.69, 9.17) is 6.42 Å². The highest BCUT2D eigenvalue weighted by Gasteiger charge is 2.51. The first-order valence-corrected chi connectivity index (χ1v) is 5.77. The predicted octanol–water partition coefficient (Wildman–Crippen LogP) is 1.26. The van der Waals surface area contributed by atoms with Gasteiger partial charge in [-0.05, 0) is 12.8 Å². The van der Waals surface area contributed by atoms with Crippen molar-refractivity contribution in [2.75, 3.05) is 6.54 Å². The van der Waals surface area contributed by atoms with E-state index in [1.54, 1.807) is 4.90 Å². The van der Waals surface area contributed by atoms with Crippen molar-refractivity contribution in [3.05, 3.63) is 0 Å². The van der Waals surface area contributed by atoms with E-state index >= 15 is 0 Å². The van der Waals surface area contributed by atoms with Gasteiger partial charge in [-0.1, -0.05) is 31.6 Å². The van der Waals surface area contributed by atoms with Crippen molar-refractivity contribution >= 4 is 11.9 Å². The third-order valence-electron chi connectivity index (χ3n) is 3.59. The molecule has 0 atom stereocenters. The number of amides is 3. The fourth-order valence-corrected chi connectivity index (χ4v) is 2.72. The van der Waals surface area contributed by atoms with E-state index in [1.165, 1.54) is 0 Å². The monoisotopic (exact) mass is 220 g/mol. The Kier molecular flexibility index (Phi) is 2.86. The van der Waals surface area contributed by atoms with Crippen molar-refractivity contribution < 1.29 is 9.59 Å². The van der Waals surface area contributed by atoms with E-state index in [0.29, 0.717) is 0 Å². The molecule has 0 aromatic rings. The van der Waals surface area contributed by atoms with Gasteiger partial charge in [0.25, 0.3) is 5.91 Å². The van der Waals surface area contributed by atoms with Crippen molar-refractivity contribution in [3.8, 4) is 12.3 Å². The zero-order chi connectivity index (χ0) is 11.6. The normalized spacial score (nSPS) is 24.1. The van der Waals surface area contributed by atoms with Crippen molar-refractivity contribution in [1.82, 2.24) is 10.2 Å². The van der Waals surface area contributed by atoms with Crippen LogP contribution in [0.15, 0.2) is 0 Å². The van der Waals surface area contributed by atoms with Gasteiger partial charge in [-0.2, -0.15) is 0 Å². The Labute approximate surface area is 95.4 Å². The summed E-state index contributed by atoms with van der Waals surface area (Å²) in [7, 11) is 0. The van der Waals surface area contributed by atoms with Gasteiger partial charge >= 0.3 is 6.03 Å². The molecular weight excluding hydrogens is 204 g/mol. The number of imide groups is 1. The van der Waals surface area contributed by atoms with Crippen LogP contribution >= 0.6 is 0 Å². The van der Waals surface area contributed by atoms with Gasteiger partial charge in [-0.3, -0.25) is 15.0 Å². The molecule has 1 N–H and O–H groups in total. The molecule has 0 aromatic carbocycles. The Balaban J connectivity index is 2.29. The minimum Gasteiger partial charge on any atom is -0.299 e. The summed E-state index contributed by atoms with van der Waals surface area (Å²) in [4.78, 5) is 25.2. The van der Waals surface area contributed by atoms with Gasteiger partial charge in [0.05, 0.1) is 6.54 Å². The number of hydrogen-bond donors (Lipinski definition) is 1. The highest BCUT2D eigenvalue weighted by atomic mass is 16.2. The summed E-state index contributed by atoms with van der Waals surface area (Å²) in [5, 5.41) is 2.39. The van der Waals surface area contributed by atoms with Gasteiger partial charge in [0.15, 0.2) is 0 Å². The van der Waals surface area contributed by atoms with Crippen LogP contribution in [0.4, 0.5) is 4.79 Å². The van der Waals surface area contributed by atoms with Crippen LogP contribution in [-0.2, 0) is 4.79 Å². The number of nitrogens with one attached hydrogen (secondary N) is 1. The van der Waals surface area contributed by atoms with E-state index in [2.05, 4.69) is 11.2 Å². The SMILES string of the molecule is C#CCN1C(=O)NC(=O)C12CCCCCC2. The molecule has 0 unspecified atom stereocenters. The van der Waals surface area contributed by atoms with Crippen LogP contribution < -0.4 is 5.32 Å². The number of terminal acetylenes is 1. The Morgan fingerprint density at radius 2 is 1.88 bits per heavy atom. The number of carbonyl (C=O) groups excluding carboxylic acids is 2. The second-order valence-corrected chi connectivity index (χ2v) is 4.50. The molecule has 2 rings (SSSR count). The standard InChI is InChI=1S/C12H16N2O2/c1-2-9-14-11(16)13-10(15)12(14)7-5-3-4-6-8-12/h1H,3-9H2,(H,13,15,16).